The predicted octanol–water partition coefficient (Wildman–Crippen LogP) is 4.25. The fraction of sp³-hybridized carbons (Fsp3) is 0.0769. The van der Waals surface area contributed by atoms with Crippen LogP contribution in [0.5, 0.6) is 0 Å². The zero-order valence-electron chi connectivity index (χ0n) is 9.95. The second-order valence-electron chi connectivity index (χ2n) is 3.95. The van der Waals surface area contributed by atoms with Crippen LogP contribution in [0.15, 0.2) is 34.8 Å². The molecule has 0 bridgehead atoms. The van der Waals surface area contributed by atoms with Gasteiger partial charge in [0.1, 0.15) is 11.0 Å². The smallest absolute Gasteiger partial charge is 0.335 e. The van der Waals surface area contributed by atoms with Crippen molar-refractivity contribution in [3.63, 3.8) is 0 Å². The summed E-state index contributed by atoms with van der Waals surface area (Å²) in [5.74, 6) is -0.649. The number of halogens is 2. The van der Waals surface area contributed by atoms with E-state index >= 15 is 0 Å². The van der Waals surface area contributed by atoms with Crippen molar-refractivity contribution in [2.45, 2.75) is 6.92 Å². The Morgan fingerprint density at radius 1 is 1.37 bits per heavy atom. The first-order valence-corrected chi connectivity index (χ1v) is 6.57. The van der Waals surface area contributed by atoms with Gasteiger partial charge in [0, 0.05) is 10.2 Å². The summed E-state index contributed by atoms with van der Waals surface area (Å²) >= 11 is 9.19. The third kappa shape index (κ3) is 3.45. The largest absolute Gasteiger partial charge is 0.478 e. The molecule has 0 atom stereocenters. The van der Waals surface area contributed by atoms with Crippen LogP contribution in [0.1, 0.15) is 15.9 Å². The molecule has 4 nitrogen and oxygen atoms in total. The van der Waals surface area contributed by atoms with E-state index < -0.39 is 5.97 Å². The maximum atomic E-state index is 11.0. The molecule has 1 aromatic carbocycles. The van der Waals surface area contributed by atoms with Crippen LogP contribution in [0, 0.1) is 6.92 Å². The van der Waals surface area contributed by atoms with Gasteiger partial charge in [-0.25, -0.2) is 9.78 Å². The minimum atomic E-state index is -1.04. The lowest BCUT2D eigenvalue weighted by molar-refractivity contribution is 0.0697. The number of pyridine rings is 1. The normalized spacial score (nSPS) is 10.3. The number of anilines is 2. The van der Waals surface area contributed by atoms with E-state index in [0.717, 1.165) is 15.7 Å². The third-order valence-electron chi connectivity index (χ3n) is 2.50. The monoisotopic (exact) mass is 340 g/mol. The number of carboxylic acid groups (broad SMARTS) is 1. The topological polar surface area (TPSA) is 62.2 Å². The average molecular weight is 342 g/mol. The third-order valence-corrected chi connectivity index (χ3v) is 3.19. The molecule has 0 aliphatic heterocycles. The van der Waals surface area contributed by atoms with Gasteiger partial charge in [0.25, 0.3) is 0 Å². The van der Waals surface area contributed by atoms with Crippen molar-refractivity contribution in [3.05, 3.63) is 51.1 Å². The Bertz CT molecular complexity index is 647. The number of hydrogen-bond donors (Lipinski definition) is 2. The van der Waals surface area contributed by atoms with Crippen LogP contribution in [0.2, 0.25) is 5.15 Å². The molecule has 2 N–H and O–H groups in total. The van der Waals surface area contributed by atoms with Crippen LogP contribution in [-0.2, 0) is 0 Å². The van der Waals surface area contributed by atoms with Gasteiger partial charge in [0.05, 0.1) is 5.56 Å². The second-order valence-corrected chi connectivity index (χ2v) is 5.26. The Morgan fingerprint density at radius 3 is 2.79 bits per heavy atom. The molecule has 0 unspecified atom stereocenters. The molecule has 19 heavy (non-hydrogen) atoms. The zero-order valence-corrected chi connectivity index (χ0v) is 12.3. The van der Waals surface area contributed by atoms with Crippen LogP contribution in [0.25, 0.3) is 0 Å². The van der Waals surface area contributed by atoms with Crippen molar-refractivity contribution in [1.82, 2.24) is 4.98 Å². The Kier molecular flexibility index (Phi) is 4.07. The van der Waals surface area contributed by atoms with Crippen LogP contribution < -0.4 is 5.32 Å². The lowest BCUT2D eigenvalue weighted by Gasteiger charge is -2.10. The minimum Gasteiger partial charge on any atom is -0.478 e. The molecule has 0 fully saturated rings. The van der Waals surface area contributed by atoms with Gasteiger partial charge in [-0.1, -0.05) is 33.6 Å². The highest BCUT2D eigenvalue weighted by Gasteiger charge is 2.08. The molecule has 0 amide bonds. The molecule has 0 spiro atoms. The molecule has 98 valence electrons. The van der Waals surface area contributed by atoms with Crippen LogP contribution in [0.3, 0.4) is 0 Å². The van der Waals surface area contributed by atoms with Gasteiger partial charge in [-0.15, -0.1) is 0 Å². The highest BCUT2D eigenvalue weighted by atomic mass is 79.9. The van der Waals surface area contributed by atoms with E-state index in [1.54, 1.807) is 0 Å². The summed E-state index contributed by atoms with van der Waals surface area (Å²) in [6, 6.07) is 8.50. The summed E-state index contributed by atoms with van der Waals surface area (Å²) in [4.78, 5) is 15.0. The number of nitrogens with one attached hydrogen (secondary N) is 1. The van der Waals surface area contributed by atoms with Gasteiger partial charge in [-0.05, 0) is 36.8 Å². The number of hydrogen-bond acceptors (Lipinski definition) is 3. The molecule has 1 heterocycles. The summed E-state index contributed by atoms with van der Waals surface area (Å²) in [5, 5.41) is 12.2. The van der Waals surface area contributed by atoms with Crippen molar-refractivity contribution in [1.29, 1.82) is 0 Å². The average Bonchev–Trinajstić information content (AvgIpc) is 2.33. The maximum absolute atomic E-state index is 11.0. The molecule has 2 rings (SSSR count). The summed E-state index contributed by atoms with van der Waals surface area (Å²) in [5.41, 5.74) is 1.94. The lowest BCUT2D eigenvalue weighted by Crippen LogP contribution is -2.01. The molecule has 6 heteroatoms. The first-order chi connectivity index (χ1) is 8.95. The summed E-state index contributed by atoms with van der Waals surface area (Å²) < 4.78 is 0.918. The second kappa shape index (κ2) is 5.59. The first-order valence-electron chi connectivity index (χ1n) is 5.40. The van der Waals surface area contributed by atoms with Crippen molar-refractivity contribution in [2.24, 2.45) is 0 Å². The minimum absolute atomic E-state index is 0.0927. The quantitative estimate of drug-likeness (QED) is 0.819. The Hall–Kier alpha value is -1.59. The number of nitrogens with zero attached hydrogens (tertiary/aromatic N) is 1. The first kappa shape index (κ1) is 13.8. The highest BCUT2D eigenvalue weighted by Crippen LogP contribution is 2.25. The molecule has 0 aliphatic carbocycles. The molecule has 1 aromatic heterocycles. The number of benzene rings is 1. The van der Waals surface area contributed by atoms with Crippen LogP contribution >= 0.6 is 27.5 Å². The van der Waals surface area contributed by atoms with Gasteiger partial charge < -0.3 is 10.4 Å². The van der Waals surface area contributed by atoms with Crippen molar-refractivity contribution in [2.75, 3.05) is 5.32 Å². The highest BCUT2D eigenvalue weighted by molar-refractivity contribution is 9.10. The lowest BCUT2D eigenvalue weighted by atomic mass is 10.2. The van der Waals surface area contributed by atoms with Gasteiger partial charge >= 0.3 is 5.97 Å². The van der Waals surface area contributed by atoms with Crippen molar-refractivity contribution in [3.8, 4) is 0 Å². The SMILES string of the molecule is Cc1ccc(Br)cc1Nc1cc(C(=O)O)cc(Cl)n1. The van der Waals surface area contributed by atoms with Crippen LogP contribution in [-0.4, -0.2) is 16.1 Å². The molecule has 0 saturated heterocycles. The van der Waals surface area contributed by atoms with Gasteiger partial charge in [0.15, 0.2) is 0 Å². The van der Waals surface area contributed by atoms with Crippen LogP contribution in [0.4, 0.5) is 11.5 Å². The van der Waals surface area contributed by atoms with E-state index in [-0.39, 0.29) is 10.7 Å². The van der Waals surface area contributed by atoms with E-state index in [4.69, 9.17) is 16.7 Å². The van der Waals surface area contributed by atoms with E-state index in [2.05, 4.69) is 26.2 Å². The van der Waals surface area contributed by atoms with Crippen molar-refractivity contribution < 1.29 is 9.90 Å². The van der Waals surface area contributed by atoms with E-state index in [1.807, 2.05) is 25.1 Å². The Labute approximate surface area is 123 Å². The fourth-order valence-electron chi connectivity index (χ4n) is 1.55. The van der Waals surface area contributed by atoms with Gasteiger partial charge in [0.2, 0.25) is 0 Å². The number of aryl methyl sites for hydroxylation is 1. The van der Waals surface area contributed by atoms with E-state index in [9.17, 15) is 4.79 Å². The van der Waals surface area contributed by atoms with E-state index in [0.29, 0.717) is 5.82 Å². The Morgan fingerprint density at radius 2 is 2.11 bits per heavy atom. The van der Waals surface area contributed by atoms with Gasteiger partial charge in [-0.2, -0.15) is 0 Å². The summed E-state index contributed by atoms with van der Waals surface area (Å²) in [6.07, 6.45) is 0. The molecule has 0 aliphatic rings. The predicted molar refractivity (Wildman–Crippen MR) is 78.4 cm³/mol. The number of carboxylic acids is 1. The fourth-order valence-corrected chi connectivity index (χ4v) is 2.12. The molecular weight excluding hydrogens is 332 g/mol. The molecule has 0 saturated carbocycles. The van der Waals surface area contributed by atoms with Gasteiger partial charge in [-0.3, -0.25) is 0 Å². The molecule has 0 radical (unpaired) electrons. The number of aromatic carboxylic acids is 1. The number of rotatable bonds is 3. The van der Waals surface area contributed by atoms with Crippen molar-refractivity contribution >= 4 is 45.0 Å². The maximum Gasteiger partial charge on any atom is 0.335 e. The molecular formula is C13H10BrClN2O2. The molecule has 2 aromatic rings. The van der Waals surface area contributed by atoms with E-state index in [1.165, 1.54) is 12.1 Å². The number of carbonyl (C=O) groups is 1. The zero-order chi connectivity index (χ0) is 14.0. The summed E-state index contributed by atoms with van der Waals surface area (Å²) in [7, 11) is 0. The Balaban J connectivity index is 2.38. The number of aromatic nitrogens is 1. The standard InChI is InChI=1S/C13H10BrClN2O2/c1-7-2-3-9(14)6-10(7)16-12-5-8(13(18)19)4-11(15)17-12/h2-6H,1H3,(H,16,17)(H,18,19). The summed E-state index contributed by atoms with van der Waals surface area (Å²) in [6.45, 7) is 1.94.